The summed E-state index contributed by atoms with van der Waals surface area (Å²) in [5, 5.41) is 2.81. The molecule has 1 unspecified atom stereocenters. The van der Waals surface area contributed by atoms with Crippen molar-refractivity contribution in [2.24, 2.45) is 0 Å². The molecule has 0 bridgehead atoms. The predicted molar refractivity (Wildman–Crippen MR) is 106 cm³/mol. The van der Waals surface area contributed by atoms with Crippen molar-refractivity contribution in [3.05, 3.63) is 60.2 Å². The van der Waals surface area contributed by atoms with Gasteiger partial charge in [-0.05, 0) is 29.8 Å². The highest BCUT2D eigenvalue weighted by atomic mass is 32.2. The number of ether oxygens (including phenoxy) is 1. The summed E-state index contributed by atoms with van der Waals surface area (Å²) in [5.74, 6) is 0.0336. The van der Waals surface area contributed by atoms with Crippen molar-refractivity contribution in [1.29, 1.82) is 0 Å². The smallest absolute Gasteiger partial charge is 0.238 e. The van der Waals surface area contributed by atoms with Crippen LogP contribution in [0.2, 0.25) is 0 Å². The van der Waals surface area contributed by atoms with Crippen LogP contribution < -0.4 is 11.1 Å². The molecule has 1 aliphatic rings. The van der Waals surface area contributed by atoms with Crippen LogP contribution in [0, 0.1) is 0 Å². The Hall–Kier alpha value is -2.02. The van der Waals surface area contributed by atoms with E-state index >= 15 is 0 Å². The van der Waals surface area contributed by atoms with E-state index in [0.29, 0.717) is 6.54 Å². The highest BCUT2D eigenvalue weighted by molar-refractivity contribution is 8.00. The van der Waals surface area contributed by atoms with Crippen molar-refractivity contribution < 1.29 is 9.53 Å². The van der Waals surface area contributed by atoms with Gasteiger partial charge in [0.1, 0.15) is 5.25 Å². The van der Waals surface area contributed by atoms with E-state index in [9.17, 15) is 4.79 Å². The minimum absolute atomic E-state index is 0.0336. The van der Waals surface area contributed by atoms with Crippen molar-refractivity contribution in [2.45, 2.75) is 10.1 Å². The molecule has 1 heterocycles. The van der Waals surface area contributed by atoms with Gasteiger partial charge >= 0.3 is 0 Å². The number of anilines is 1. The first-order valence-corrected chi connectivity index (χ1v) is 9.75. The first-order chi connectivity index (χ1) is 12.7. The molecule has 2 aromatic carbocycles. The SMILES string of the molecule is Nc1ccc(SC(C(=O)NCCN2CCOCC2)c2ccccc2)cc1. The molecule has 26 heavy (non-hydrogen) atoms. The molecule has 0 spiro atoms. The van der Waals surface area contributed by atoms with Crippen LogP contribution in [0.4, 0.5) is 5.69 Å². The van der Waals surface area contributed by atoms with Gasteiger partial charge in [0.2, 0.25) is 5.91 Å². The summed E-state index contributed by atoms with van der Waals surface area (Å²) >= 11 is 1.54. The van der Waals surface area contributed by atoms with E-state index in [1.54, 1.807) is 11.8 Å². The van der Waals surface area contributed by atoms with Crippen LogP contribution in [0.25, 0.3) is 0 Å². The Morgan fingerprint density at radius 2 is 1.81 bits per heavy atom. The minimum Gasteiger partial charge on any atom is -0.399 e. The number of nitrogens with two attached hydrogens (primary N) is 1. The van der Waals surface area contributed by atoms with Crippen LogP contribution in [0.1, 0.15) is 10.8 Å². The molecule has 1 fully saturated rings. The molecule has 5 nitrogen and oxygen atoms in total. The fourth-order valence-electron chi connectivity index (χ4n) is 2.84. The zero-order valence-electron chi connectivity index (χ0n) is 14.8. The molecule has 3 N–H and O–H groups in total. The van der Waals surface area contributed by atoms with E-state index < -0.39 is 0 Å². The second kappa shape index (κ2) is 9.62. The first kappa shape index (κ1) is 18.8. The number of hydrogen-bond acceptors (Lipinski definition) is 5. The van der Waals surface area contributed by atoms with Crippen molar-refractivity contribution in [3.8, 4) is 0 Å². The number of amides is 1. The third-order valence-electron chi connectivity index (χ3n) is 4.31. The summed E-state index contributed by atoms with van der Waals surface area (Å²) in [5.41, 5.74) is 7.48. The fraction of sp³-hybridized carbons (Fsp3) is 0.350. The third-order valence-corrected chi connectivity index (χ3v) is 5.57. The van der Waals surface area contributed by atoms with Gasteiger partial charge in [-0.1, -0.05) is 30.3 Å². The number of hydrogen-bond donors (Lipinski definition) is 2. The fourth-order valence-corrected chi connectivity index (χ4v) is 3.89. The van der Waals surface area contributed by atoms with Gasteiger partial charge in [-0.25, -0.2) is 0 Å². The first-order valence-electron chi connectivity index (χ1n) is 8.87. The number of nitrogens with one attached hydrogen (secondary N) is 1. The number of rotatable bonds is 7. The Morgan fingerprint density at radius 1 is 1.12 bits per heavy atom. The molecule has 0 aromatic heterocycles. The zero-order valence-corrected chi connectivity index (χ0v) is 15.6. The number of benzene rings is 2. The second-order valence-corrected chi connectivity index (χ2v) is 7.40. The predicted octanol–water partition coefficient (Wildman–Crippen LogP) is 2.55. The lowest BCUT2D eigenvalue weighted by Crippen LogP contribution is -2.42. The largest absolute Gasteiger partial charge is 0.399 e. The number of nitrogen functional groups attached to an aromatic ring is 1. The Morgan fingerprint density at radius 3 is 2.50 bits per heavy atom. The maximum absolute atomic E-state index is 12.9. The molecule has 0 aliphatic carbocycles. The van der Waals surface area contributed by atoms with Crippen molar-refractivity contribution in [2.75, 3.05) is 45.1 Å². The lowest BCUT2D eigenvalue weighted by atomic mass is 10.1. The number of thioether (sulfide) groups is 1. The summed E-state index contributed by atoms with van der Waals surface area (Å²) in [6.45, 7) is 4.89. The lowest BCUT2D eigenvalue weighted by Gasteiger charge is -2.26. The lowest BCUT2D eigenvalue weighted by molar-refractivity contribution is -0.120. The number of carbonyl (C=O) groups excluding carboxylic acids is 1. The molecule has 0 radical (unpaired) electrons. The van der Waals surface area contributed by atoms with Crippen molar-refractivity contribution in [1.82, 2.24) is 10.2 Å². The molecule has 3 rings (SSSR count). The quantitative estimate of drug-likeness (QED) is 0.578. The molecule has 1 amide bonds. The average molecular weight is 372 g/mol. The maximum atomic E-state index is 12.9. The second-order valence-electron chi connectivity index (χ2n) is 6.22. The van der Waals surface area contributed by atoms with Crippen LogP contribution in [0.5, 0.6) is 0 Å². The number of morpholine rings is 1. The van der Waals surface area contributed by atoms with Crippen LogP contribution in [0.3, 0.4) is 0 Å². The molecule has 1 atom stereocenters. The van der Waals surface area contributed by atoms with Gasteiger partial charge in [-0.2, -0.15) is 0 Å². The normalized spacial score (nSPS) is 16.2. The maximum Gasteiger partial charge on any atom is 0.238 e. The van der Waals surface area contributed by atoms with Crippen LogP contribution in [0.15, 0.2) is 59.5 Å². The van der Waals surface area contributed by atoms with Gasteiger partial charge in [0.15, 0.2) is 0 Å². The summed E-state index contributed by atoms with van der Waals surface area (Å²) in [4.78, 5) is 16.2. The summed E-state index contributed by atoms with van der Waals surface area (Å²) in [6.07, 6.45) is 0. The van der Waals surface area contributed by atoms with Gasteiger partial charge < -0.3 is 15.8 Å². The van der Waals surface area contributed by atoms with Gasteiger partial charge in [0.25, 0.3) is 0 Å². The zero-order chi connectivity index (χ0) is 18.2. The highest BCUT2D eigenvalue weighted by Crippen LogP contribution is 2.35. The standard InChI is InChI=1S/C20H25N3O2S/c21-17-6-8-18(9-7-17)26-19(16-4-2-1-3-5-16)20(24)22-10-11-23-12-14-25-15-13-23/h1-9,19H,10-15,21H2,(H,22,24). The van der Waals surface area contributed by atoms with Gasteiger partial charge in [-0.3, -0.25) is 9.69 Å². The number of carbonyl (C=O) groups is 1. The Labute approximate surface area is 158 Å². The van der Waals surface area contributed by atoms with E-state index in [-0.39, 0.29) is 11.2 Å². The molecule has 2 aromatic rings. The summed E-state index contributed by atoms with van der Waals surface area (Å²) < 4.78 is 5.36. The van der Waals surface area contributed by atoms with Gasteiger partial charge in [-0.15, -0.1) is 11.8 Å². The van der Waals surface area contributed by atoms with Crippen LogP contribution in [-0.4, -0.2) is 50.2 Å². The number of nitrogens with zero attached hydrogens (tertiary/aromatic N) is 1. The van der Waals surface area contributed by atoms with E-state index in [1.807, 2.05) is 54.6 Å². The Bertz CT molecular complexity index is 688. The third kappa shape index (κ3) is 5.49. The Balaban J connectivity index is 1.62. The topological polar surface area (TPSA) is 67.6 Å². The summed E-state index contributed by atoms with van der Waals surface area (Å²) in [6, 6.07) is 17.5. The van der Waals surface area contributed by atoms with Crippen molar-refractivity contribution in [3.63, 3.8) is 0 Å². The minimum atomic E-state index is -0.287. The van der Waals surface area contributed by atoms with Gasteiger partial charge in [0.05, 0.1) is 13.2 Å². The van der Waals surface area contributed by atoms with Crippen LogP contribution in [-0.2, 0) is 9.53 Å². The Kier molecular flexibility index (Phi) is 6.94. The van der Waals surface area contributed by atoms with E-state index in [1.165, 1.54) is 0 Å². The highest BCUT2D eigenvalue weighted by Gasteiger charge is 2.22. The van der Waals surface area contributed by atoms with Crippen LogP contribution >= 0.6 is 11.8 Å². The molecule has 138 valence electrons. The van der Waals surface area contributed by atoms with Gasteiger partial charge in [0, 0.05) is 36.8 Å². The molecular weight excluding hydrogens is 346 g/mol. The molecule has 1 saturated heterocycles. The van der Waals surface area contributed by atoms with Crippen molar-refractivity contribution >= 4 is 23.4 Å². The molecule has 6 heteroatoms. The molecular formula is C20H25N3O2S. The molecule has 0 saturated carbocycles. The summed E-state index contributed by atoms with van der Waals surface area (Å²) in [7, 11) is 0. The van der Waals surface area contributed by atoms with E-state index in [0.717, 1.165) is 49.0 Å². The average Bonchev–Trinajstić information content (AvgIpc) is 2.69. The van der Waals surface area contributed by atoms with E-state index in [2.05, 4.69) is 10.2 Å². The molecule has 1 aliphatic heterocycles. The van der Waals surface area contributed by atoms with E-state index in [4.69, 9.17) is 10.5 Å². The monoisotopic (exact) mass is 371 g/mol.